The fourth-order valence-electron chi connectivity index (χ4n) is 2.19. The lowest BCUT2D eigenvalue weighted by molar-refractivity contribution is -0.137. The van der Waals surface area contributed by atoms with E-state index in [1.54, 1.807) is 12.1 Å². The molecule has 0 radical (unpaired) electrons. The Bertz CT molecular complexity index is 791. The van der Waals surface area contributed by atoms with Gasteiger partial charge in [-0.2, -0.15) is 18.3 Å². The second-order valence-corrected chi connectivity index (χ2v) is 6.28. The SMILES string of the molecule is CCOc1cc(C=NNc2ccc(C(F)(F)F)cc2)cc(Cl)c1OC(C)C. The minimum absolute atomic E-state index is 0.0671. The van der Waals surface area contributed by atoms with Crippen molar-refractivity contribution in [2.24, 2.45) is 5.10 Å². The number of hydrogen-bond acceptors (Lipinski definition) is 4. The number of rotatable bonds is 7. The molecule has 0 amide bonds. The number of ether oxygens (including phenoxy) is 2. The monoisotopic (exact) mass is 400 g/mol. The largest absolute Gasteiger partial charge is 0.490 e. The molecule has 2 aromatic carbocycles. The molecule has 2 aromatic rings. The van der Waals surface area contributed by atoms with E-state index in [1.807, 2.05) is 20.8 Å². The first kappa shape index (κ1) is 20.9. The van der Waals surface area contributed by atoms with Crippen LogP contribution in [0.5, 0.6) is 11.5 Å². The van der Waals surface area contributed by atoms with Crippen molar-refractivity contribution >= 4 is 23.5 Å². The third-order valence-corrected chi connectivity index (χ3v) is 3.59. The lowest BCUT2D eigenvalue weighted by Gasteiger charge is -2.16. The van der Waals surface area contributed by atoms with E-state index in [-0.39, 0.29) is 6.10 Å². The summed E-state index contributed by atoms with van der Waals surface area (Å²) in [5.41, 5.74) is 3.04. The first-order valence-electron chi connectivity index (χ1n) is 8.30. The number of nitrogens with one attached hydrogen (secondary N) is 1. The van der Waals surface area contributed by atoms with Crippen molar-refractivity contribution in [3.05, 3.63) is 52.5 Å². The van der Waals surface area contributed by atoms with Crippen LogP contribution in [0.4, 0.5) is 18.9 Å². The standard InChI is InChI=1S/C19H20ClF3N2O2/c1-4-26-17-10-13(9-16(20)18(17)27-12(2)3)11-24-25-15-7-5-14(6-8-15)19(21,22)23/h5-12,25H,4H2,1-3H3. The van der Waals surface area contributed by atoms with Crippen LogP contribution in [0.3, 0.4) is 0 Å². The third-order valence-electron chi connectivity index (χ3n) is 3.30. The quantitative estimate of drug-likeness (QED) is 0.458. The molecule has 0 aliphatic rings. The van der Waals surface area contributed by atoms with Crippen molar-refractivity contribution in [1.82, 2.24) is 0 Å². The molecule has 0 unspecified atom stereocenters. The normalized spacial score (nSPS) is 11.9. The Morgan fingerprint density at radius 1 is 1.19 bits per heavy atom. The number of anilines is 1. The summed E-state index contributed by atoms with van der Waals surface area (Å²) in [6, 6.07) is 7.97. The second kappa shape index (κ2) is 8.99. The van der Waals surface area contributed by atoms with Gasteiger partial charge in [0.05, 0.1) is 35.2 Å². The van der Waals surface area contributed by atoms with Gasteiger partial charge in [0.1, 0.15) is 0 Å². The van der Waals surface area contributed by atoms with Gasteiger partial charge in [0.15, 0.2) is 11.5 Å². The number of alkyl halides is 3. The zero-order valence-electron chi connectivity index (χ0n) is 15.1. The van der Waals surface area contributed by atoms with E-state index in [0.29, 0.717) is 34.4 Å². The molecule has 8 heteroatoms. The Hall–Kier alpha value is -2.41. The molecule has 4 nitrogen and oxygen atoms in total. The zero-order chi connectivity index (χ0) is 20.0. The summed E-state index contributed by atoms with van der Waals surface area (Å²) in [7, 11) is 0. The molecule has 0 saturated carbocycles. The molecule has 0 heterocycles. The van der Waals surface area contributed by atoms with E-state index in [0.717, 1.165) is 12.1 Å². The highest BCUT2D eigenvalue weighted by molar-refractivity contribution is 6.32. The number of benzene rings is 2. The van der Waals surface area contributed by atoms with Crippen LogP contribution in [0, 0.1) is 0 Å². The summed E-state index contributed by atoms with van der Waals surface area (Å²) in [5, 5.41) is 4.41. The van der Waals surface area contributed by atoms with Crippen molar-refractivity contribution in [1.29, 1.82) is 0 Å². The second-order valence-electron chi connectivity index (χ2n) is 5.87. The van der Waals surface area contributed by atoms with E-state index in [1.165, 1.54) is 18.3 Å². The first-order chi connectivity index (χ1) is 12.7. The molecule has 0 bridgehead atoms. The molecule has 0 aliphatic carbocycles. The molecule has 2 rings (SSSR count). The lowest BCUT2D eigenvalue weighted by atomic mass is 10.2. The number of hydrogen-bond donors (Lipinski definition) is 1. The summed E-state index contributed by atoms with van der Waals surface area (Å²) < 4.78 is 48.9. The van der Waals surface area contributed by atoms with Crippen LogP contribution in [0.2, 0.25) is 5.02 Å². The van der Waals surface area contributed by atoms with Crippen LogP contribution in [0.15, 0.2) is 41.5 Å². The van der Waals surface area contributed by atoms with E-state index in [2.05, 4.69) is 10.5 Å². The van der Waals surface area contributed by atoms with E-state index >= 15 is 0 Å². The van der Waals surface area contributed by atoms with Gasteiger partial charge in [-0.25, -0.2) is 0 Å². The predicted octanol–water partition coefficient (Wildman–Crippen LogP) is 5.99. The van der Waals surface area contributed by atoms with Gasteiger partial charge in [-0.05, 0) is 62.7 Å². The smallest absolute Gasteiger partial charge is 0.416 e. The maximum Gasteiger partial charge on any atom is 0.416 e. The molecule has 27 heavy (non-hydrogen) atoms. The predicted molar refractivity (Wildman–Crippen MR) is 101 cm³/mol. The van der Waals surface area contributed by atoms with Gasteiger partial charge in [0.2, 0.25) is 0 Å². The Morgan fingerprint density at radius 3 is 2.41 bits per heavy atom. The molecule has 0 spiro atoms. The van der Waals surface area contributed by atoms with Crippen molar-refractivity contribution < 1.29 is 22.6 Å². The maximum absolute atomic E-state index is 12.6. The Balaban J connectivity index is 2.14. The highest BCUT2D eigenvalue weighted by atomic mass is 35.5. The van der Waals surface area contributed by atoms with E-state index < -0.39 is 11.7 Å². The maximum atomic E-state index is 12.6. The van der Waals surface area contributed by atoms with Gasteiger partial charge in [-0.3, -0.25) is 5.43 Å². The van der Waals surface area contributed by atoms with Crippen molar-refractivity contribution in [2.75, 3.05) is 12.0 Å². The third kappa shape index (κ3) is 6.06. The number of nitrogens with zero attached hydrogens (tertiary/aromatic N) is 1. The van der Waals surface area contributed by atoms with Crippen LogP contribution in [-0.4, -0.2) is 18.9 Å². The average Bonchev–Trinajstić information content (AvgIpc) is 2.58. The minimum atomic E-state index is -4.37. The summed E-state index contributed by atoms with van der Waals surface area (Å²) in [4.78, 5) is 0. The molecule has 0 atom stereocenters. The lowest BCUT2D eigenvalue weighted by Crippen LogP contribution is -2.08. The van der Waals surface area contributed by atoms with Gasteiger partial charge in [-0.1, -0.05) is 11.6 Å². The minimum Gasteiger partial charge on any atom is -0.490 e. The van der Waals surface area contributed by atoms with Gasteiger partial charge in [-0.15, -0.1) is 0 Å². The van der Waals surface area contributed by atoms with Gasteiger partial charge in [0.25, 0.3) is 0 Å². The fraction of sp³-hybridized carbons (Fsp3) is 0.316. The van der Waals surface area contributed by atoms with Gasteiger partial charge in [0, 0.05) is 0 Å². The Labute approximate surface area is 160 Å². The Morgan fingerprint density at radius 2 is 1.85 bits per heavy atom. The summed E-state index contributed by atoms with van der Waals surface area (Å²) in [6.07, 6.45) is -2.94. The molecular weight excluding hydrogens is 381 g/mol. The van der Waals surface area contributed by atoms with Gasteiger partial charge >= 0.3 is 6.18 Å². The highest BCUT2D eigenvalue weighted by Gasteiger charge is 2.29. The van der Waals surface area contributed by atoms with Crippen LogP contribution in [-0.2, 0) is 6.18 Å². The average molecular weight is 401 g/mol. The Kier molecular flexibility index (Phi) is 6.96. The summed E-state index contributed by atoms with van der Waals surface area (Å²) in [6.45, 7) is 6.06. The first-order valence-corrected chi connectivity index (χ1v) is 8.67. The summed E-state index contributed by atoms with van der Waals surface area (Å²) in [5.74, 6) is 0.955. The number of hydrazone groups is 1. The molecule has 0 saturated heterocycles. The molecule has 0 aromatic heterocycles. The molecule has 1 N–H and O–H groups in total. The van der Waals surface area contributed by atoms with Crippen LogP contribution in [0.25, 0.3) is 0 Å². The summed E-state index contributed by atoms with van der Waals surface area (Å²) >= 11 is 6.28. The van der Waals surface area contributed by atoms with E-state index in [9.17, 15) is 13.2 Å². The molecule has 0 fully saturated rings. The van der Waals surface area contributed by atoms with E-state index in [4.69, 9.17) is 21.1 Å². The van der Waals surface area contributed by atoms with Crippen LogP contribution in [0.1, 0.15) is 31.9 Å². The fourth-order valence-corrected chi connectivity index (χ4v) is 2.45. The number of halogens is 4. The zero-order valence-corrected chi connectivity index (χ0v) is 15.9. The van der Waals surface area contributed by atoms with Crippen molar-refractivity contribution in [3.63, 3.8) is 0 Å². The van der Waals surface area contributed by atoms with Crippen LogP contribution >= 0.6 is 11.6 Å². The molecular formula is C19H20ClF3N2O2. The topological polar surface area (TPSA) is 42.8 Å². The highest BCUT2D eigenvalue weighted by Crippen LogP contribution is 2.37. The molecule has 0 aliphatic heterocycles. The van der Waals surface area contributed by atoms with Crippen LogP contribution < -0.4 is 14.9 Å². The van der Waals surface area contributed by atoms with Crippen molar-refractivity contribution in [3.8, 4) is 11.5 Å². The molecule has 146 valence electrons. The van der Waals surface area contributed by atoms with Crippen molar-refractivity contribution in [2.45, 2.75) is 33.1 Å². The van der Waals surface area contributed by atoms with Gasteiger partial charge < -0.3 is 9.47 Å².